The van der Waals surface area contributed by atoms with Gasteiger partial charge in [-0.05, 0) is 24.3 Å². The van der Waals surface area contributed by atoms with Crippen LogP contribution in [0.3, 0.4) is 0 Å². The number of nitrogens with one attached hydrogen (secondary N) is 2. The SMILES string of the molecule is Nc1c(Cl)cccc1C(=O)NCCc1nc2ccccc2[nH]1. The predicted octanol–water partition coefficient (Wildman–Crippen LogP) is 2.77. The zero-order valence-corrected chi connectivity index (χ0v) is 12.5. The number of halogens is 1. The number of hydrogen-bond donors (Lipinski definition) is 3. The van der Waals surface area contributed by atoms with Gasteiger partial charge in [-0.15, -0.1) is 0 Å². The lowest BCUT2D eigenvalue weighted by atomic mass is 10.1. The molecule has 0 atom stereocenters. The smallest absolute Gasteiger partial charge is 0.253 e. The molecule has 3 rings (SSSR count). The van der Waals surface area contributed by atoms with Gasteiger partial charge in [0.25, 0.3) is 5.91 Å². The van der Waals surface area contributed by atoms with Gasteiger partial charge in [-0.1, -0.05) is 29.8 Å². The highest BCUT2D eigenvalue weighted by molar-refractivity contribution is 6.33. The largest absolute Gasteiger partial charge is 0.397 e. The van der Waals surface area contributed by atoms with Crippen LogP contribution in [-0.4, -0.2) is 22.4 Å². The van der Waals surface area contributed by atoms with Gasteiger partial charge in [0.05, 0.1) is 27.3 Å². The highest BCUT2D eigenvalue weighted by atomic mass is 35.5. The number of fused-ring (bicyclic) bond motifs is 1. The van der Waals surface area contributed by atoms with Gasteiger partial charge < -0.3 is 16.0 Å². The van der Waals surface area contributed by atoms with Crippen LogP contribution in [-0.2, 0) is 6.42 Å². The van der Waals surface area contributed by atoms with Crippen LogP contribution in [0.15, 0.2) is 42.5 Å². The number of aromatic amines is 1. The Bertz CT molecular complexity index is 795. The topological polar surface area (TPSA) is 83.8 Å². The fourth-order valence-corrected chi connectivity index (χ4v) is 2.42. The molecule has 0 saturated carbocycles. The maximum atomic E-state index is 12.1. The summed E-state index contributed by atoms with van der Waals surface area (Å²) in [6.45, 7) is 0.463. The first kappa shape index (κ1) is 14.4. The van der Waals surface area contributed by atoms with E-state index in [0.29, 0.717) is 29.2 Å². The summed E-state index contributed by atoms with van der Waals surface area (Å²) in [4.78, 5) is 19.8. The van der Waals surface area contributed by atoms with Crippen molar-refractivity contribution in [3.8, 4) is 0 Å². The fourth-order valence-electron chi connectivity index (χ4n) is 2.25. The number of carbonyl (C=O) groups is 1. The summed E-state index contributed by atoms with van der Waals surface area (Å²) in [5, 5.41) is 3.20. The Morgan fingerprint density at radius 3 is 2.86 bits per heavy atom. The van der Waals surface area contributed by atoms with E-state index >= 15 is 0 Å². The first-order valence-corrected chi connectivity index (χ1v) is 7.29. The van der Waals surface area contributed by atoms with Crippen molar-refractivity contribution < 1.29 is 4.79 Å². The summed E-state index contributed by atoms with van der Waals surface area (Å²) in [7, 11) is 0. The number of anilines is 1. The van der Waals surface area contributed by atoms with Crippen LogP contribution in [0.5, 0.6) is 0 Å². The number of hydrogen-bond acceptors (Lipinski definition) is 3. The lowest BCUT2D eigenvalue weighted by Crippen LogP contribution is -2.26. The number of para-hydroxylation sites is 3. The van der Waals surface area contributed by atoms with E-state index in [9.17, 15) is 4.79 Å². The van der Waals surface area contributed by atoms with E-state index in [2.05, 4.69) is 15.3 Å². The maximum Gasteiger partial charge on any atom is 0.253 e. The molecule has 5 nitrogen and oxygen atoms in total. The fraction of sp³-hybridized carbons (Fsp3) is 0.125. The highest BCUT2D eigenvalue weighted by Gasteiger charge is 2.11. The molecule has 0 aliphatic rings. The van der Waals surface area contributed by atoms with E-state index in [-0.39, 0.29) is 5.91 Å². The minimum Gasteiger partial charge on any atom is -0.397 e. The van der Waals surface area contributed by atoms with E-state index in [0.717, 1.165) is 16.9 Å². The molecule has 0 spiro atoms. The average molecular weight is 315 g/mol. The molecule has 1 amide bonds. The van der Waals surface area contributed by atoms with Crippen molar-refractivity contribution >= 4 is 34.2 Å². The molecule has 0 radical (unpaired) electrons. The second-order valence-electron chi connectivity index (χ2n) is 4.91. The van der Waals surface area contributed by atoms with E-state index in [1.54, 1.807) is 18.2 Å². The van der Waals surface area contributed by atoms with Crippen LogP contribution in [0.4, 0.5) is 5.69 Å². The number of imidazole rings is 1. The molecule has 1 heterocycles. The summed E-state index contributed by atoms with van der Waals surface area (Å²) in [5.74, 6) is 0.594. The Hall–Kier alpha value is -2.53. The Morgan fingerprint density at radius 1 is 1.23 bits per heavy atom. The van der Waals surface area contributed by atoms with Gasteiger partial charge in [-0.2, -0.15) is 0 Å². The number of benzene rings is 2. The van der Waals surface area contributed by atoms with Crippen LogP contribution in [0.25, 0.3) is 11.0 Å². The summed E-state index contributed by atoms with van der Waals surface area (Å²) < 4.78 is 0. The molecule has 0 bridgehead atoms. The first-order valence-electron chi connectivity index (χ1n) is 6.91. The molecule has 112 valence electrons. The van der Waals surface area contributed by atoms with Gasteiger partial charge in [0.15, 0.2) is 0 Å². The molecule has 3 aromatic rings. The molecule has 0 unspecified atom stereocenters. The molecular weight excluding hydrogens is 300 g/mol. The number of nitrogens with two attached hydrogens (primary N) is 1. The van der Waals surface area contributed by atoms with E-state index < -0.39 is 0 Å². The zero-order valence-electron chi connectivity index (χ0n) is 11.8. The number of rotatable bonds is 4. The van der Waals surface area contributed by atoms with Crippen molar-refractivity contribution in [2.75, 3.05) is 12.3 Å². The van der Waals surface area contributed by atoms with Crippen LogP contribution in [0.2, 0.25) is 5.02 Å². The highest BCUT2D eigenvalue weighted by Crippen LogP contribution is 2.22. The predicted molar refractivity (Wildman–Crippen MR) is 88.0 cm³/mol. The Kier molecular flexibility index (Phi) is 3.98. The number of nitrogen functional groups attached to an aromatic ring is 1. The number of amides is 1. The third-order valence-corrected chi connectivity index (χ3v) is 3.71. The van der Waals surface area contributed by atoms with Gasteiger partial charge in [-0.25, -0.2) is 4.98 Å². The quantitative estimate of drug-likeness (QED) is 0.647. The van der Waals surface area contributed by atoms with Crippen molar-refractivity contribution in [3.63, 3.8) is 0 Å². The summed E-state index contributed by atoms with van der Waals surface area (Å²) in [6, 6.07) is 12.8. The zero-order chi connectivity index (χ0) is 15.5. The van der Waals surface area contributed by atoms with Crippen molar-refractivity contribution in [1.29, 1.82) is 0 Å². The minimum absolute atomic E-state index is 0.240. The molecule has 22 heavy (non-hydrogen) atoms. The van der Waals surface area contributed by atoms with Crippen LogP contribution < -0.4 is 11.1 Å². The Morgan fingerprint density at radius 2 is 2.05 bits per heavy atom. The second kappa shape index (κ2) is 6.07. The van der Waals surface area contributed by atoms with Gasteiger partial charge in [-0.3, -0.25) is 4.79 Å². The first-order chi connectivity index (χ1) is 10.6. The minimum atomic E-state index is -0.240. The van der Waals surface area contributed by atoms with Gasteiger partial charge in [0.2, 0.25) is 0 Å². The van der Waals surface area contributed by atoms with Crippen LogP contribution in [0.1, 0.15) is 16.2 Å². The lowest BCUT2D eigenvalue weighted by molar-refractivity contribution is 0.0955. The number of H-pyrrole nitrogens is 1. The third kappa shape index (κ3) is 2.89. The van der Waals surface area contributed by atoms with Crippen LogP contribution in [0, 0.1) is 0 Å². The molecule has 0 saturated heterocycles. The molecule has 2 aromatic carbocycles. The molecular formula is C16H15ClN4O. The van der Waals surface area contributed by atoms with Gasteiger partial charge >= 0.3 is 0 Å². The summed E-state index contributed by atoms with van der Waals surface area (Å²) in [5.41, 5.74) is 8.40. The van der Waals surface area contributed by atoms with E-state index in [4.69, 9.17) is 17.3 Å². The van der Waals surface area contributed by atoms with Gasteiger partial charge in [0, 0.05) is 13.0 Å². The van der Waals surface area contributed by atoms with Crippen molar-refractivity contribution in [1.82, 2.24) is 15.3 Å². The van der Waals surface area contributed by atoms with E-state index in [1.807, 2.05) is 24.3 Å². The number of nitrogens with zero attached hydrogens (tertiary/aromatic N) is 1. The molecule has 0 fully saturated rings. The van der Waals surface area contributed by atoms with Crippen molar-refractivity contribution in [2.45, 2.75) is 6.42 Å². The molecule has 0 aliphatic carbocycles. The summed E-state index contributed by atoms with van der Waals surface area (Å²) in [6.07, 6.45) is 0.612. The molecule has 0 aliphatic heterocycles. The number of aromatic nitrogens is 2. The molecule has 1 aromatic heterocycles. The lowest BCUT2D eigenvalue weighted by Gasteiger charge is -2.07. The standard InChI is InChI=1S/C16H15ClN4O/c17-11-5-3-4-10(15(11)18)16(22)19-9-8-14-20-12-6-1-2-7-13(12)21-14/h1-7H,8-9,18H2,(H,19,22)(H,20,21). The molecule has 6 heteroatoms. The van der Waals surface area contributed by atoms with E-state index in [1.165, 1.54) is 0 Å². The average Bonchev–Trinajstić information content (AvgIpc) is 2.92. The molecule has 4 N–H and O–H groups in total. The Labute approximate surface area is 132 Å². The Balaban J connectivity index is 1.63. The maximum absolute atomic E-state index is 12.1. The normalized spacial score (nSPS) is 10.8. The monoisotopic (exact) mass is 314 g/mol. The third-order valence-electron chi connectivity index (χ3n) is 3.38. The van der Waals surface area contributed by atoms with Crippen LogP contribution >= 0.6 is 11.6 Å². The number of carbonyl (C=O) groups excluding carboxylic acids is 1. The van der Waals surface area contributed by atoms with Crippen molar-refractivity contribution in [2.24, 2.45) is 0 Å². The van der Waals surface area contributed by atoms with Crippen molar-refractivity contribution in [3.05, 3.63) is 58.9 Å². The second-order valence-corrected chi connectivity index (χ2v) is 5.31. The summed E-state index contributed by atoms with van der Waals surface area (Å²) >= 11 is 5.91. The van der Waals surface area contributed by atoms with Gasteiger partial charge in [0.1, 0.15) is 5.82 Å².